The summed E-state index contributed by atoms with van der Waals surface area (Å²) >= 11 is 0. The van der Waals surface area contributed by atoms with Crippen molar-refractivity contribution in [1.82, 2.24) is 39.6 Å². The minimum atomic E-state index is -0.118. The van der Waals surface area contributed by atoms with Crippen molar-refractivity contribution in [3.05, 3.63) is 102 Å². The Morgan fingerprint density at radius 1 is 1.00 bits per heavy atom. The van der Waals surface area contributed by atoms with Gasteiger partial charge in [-0.3, -0.25) is 9.36 Å². The second-order valence-corrected chi connectivity index (χ2v) is 10.4. The number of imidazole rings is 1. The normalized spacial score (nSPS) is 14.2. The van der Waals surface area contributed by atoms with E-state index in [-0.39, 0.29) is 11.9 Å². The second-order valence-electron chi connectivity index (χ2n) is 10.4. The number of nitrogens with two attached hydrogens (primary N) is 1. The number of nitrogen functional groups attached to an aromatic ring is 1. The number of carbonyl (C=O) groups excluding carboxylic acids is 1. The molecule has 1 aromatic carbocycles. The summed E-state index contributed by atoms with van der Waals surface area (Å²) in [7, 11) is 3.81. The molecule has 0 spiro atoms. The Bertz CT molecular complexity index is 1940. The van der Waals surface area contributed by atoms with Crippen molar-refractivity contribution in [3.63, 3.8) is 0 Å². The van der Waals surface area contributed by atoms with E-state index in [1.54, 1.807) is 35.4 Å². The van der Waals surface area contributed by atoms with E-state index in [1.807, 2.05) is 66.2 Å². The fourth-order valence-corrected chi connectivity index (χ4v) is 5.45. The Kier molecular flexibility index (Phi) is 6.11. The molecule has 0 aliphatic heterocycles. The molecule has 11 heteroatoms. The first kappa shape index (κ1) is 25.4. The number of pyridine rings is 3. The van der Waals surface area contributed by atoms with Gasteiger partial charge in [0.15, 0.2) is 17.3 Å². The maximum Gasteiger partial charge on any atom is 0.251 e. The van der Waals surface area contributed by atoms with Crippen molar-refractivity contribution in [3.8, 4) is 22.9 Å². The van der Waals surface area contributed by atoms with Crippen LogP contribution in [0, 0.1) is 0 Å². The van der Waals surface area contributed by atoms with E-state index in [1.165, 1.54) is 0 Å². The van der Waals surface area contributed by atoms with Crippen molar-refractivity contribution >= 4 is 28.7 Å². The molecule has 7 rings (SSSR count). The van der Waals surface area contributed by atoms with Gasteiger partial charge in [0.25, 0.3) is 5.91 Å². The zero-order valence-electron chi connectivity index (χ0n) is 23.1. The number of fused-ring (bicyclic) bond motifs is 2. The van der Waals surface area contributed by atoms with Crippen LogP contribution in [0.5, 0.6) is 0 Å². The summed E-state index contributed by atoms with van der Waals surface area (Å²) in [5, 5.41) is 7.56. The number of aromatic nitrogens is 7. The van der Waals surface area contributed by atoms with Crippen LogP contribution in [0.1, 0.15) is 33.9 Å². The molecule has 1 atom stereocenters. The summed E-state index contributed by atoms with van der Waals surface area (Å²) in [6, 6.07) is 19.2. The van der Waals surface area contributed by atoms with Gasteiger partial charge in [0, 0.05) is 50.1 Å². The van der Waals surface area contributed by atoms with Crippen molar-refractivity contribution in [2.24, 2.45) is 0 Å². The molecule has 1 aliphatic carbocycles. The molecule has 6 aromatic rings. The smallest absolute Gasteiger partial charge is 0.251 e. The number of anilines is 2. The maximum absolute atomic E-state index is 13.1. The van der Waals surface area contributed by atoms with Gasteiger partial charge in [-0.15, -0.1) is 0 Å². The summed E-state index contributed by atoms with van der Waals surface area (Å²) < 4.78 is 3.73. The number of hydrogen-bond acceptors (Lipinski definition) is 8. The Balaban J connectivity index is 1.28. The first-order valence-corrected chi connectivity index (χ1v) is 13.6. The van der Waals surface area contributed by atoms with E-state index in [9.17, 15) is 4.79 Å². The lowest BCUT2D eigenvalue weighted by Gasteiger charge is -2.17. The van der Waals surface area contributed by atoms with E-state index in [4.69, 9.17) is 15.7 Å². The van der Waals surface area contributed by atoms with Crippen LogP contribution in [0.25, 0.3) is 34.1 Å². The Labute approximate surface area is 241 Å². The number of carbonyl (C=O) groups is 1. The quantitative estimate of drug-likeness (QED) is 0.313. The molecular weight excluding hydrogens is 528 g/mol. The highest BCUT2D eigenvalue weighted by molar-refractivity contribution is 5.95. The Hall–Kier alpha value is -5.58. The Morgan fingerprint density at radius 2 is 1.90 bits per heavy atom. The van der Waals surface area contributed by atoms with Crippen LogP contribution in [0.15, 0.2) is 85.5 Å². The molecule has 0 unspecified atom stereocenters. The molecule has 1 amide bonds. The number of rotatable bonds is 6. The number of aryl methyl sites for hydroxylation is 1. The molecule has 42 heavy (non-hydrogen) atoms. The zero-order valence-corrected chi connectivity index (χ0v) is 23.1. The number of benzene rings is 1. The van der Waals surface area contributed by atoms with E-state index >= 15 is 0 Å². The lowest BCUT2D eigenvalue weighted by atomic mass is 10.1. The predicted octanol–water partition coefficient (Wildman–Crippen LogP) is 4.13. The second kappa shape index (κ2) is 10.1. The number of amides is 1. The van der Waals surface area contributed by atoms with Gasteiger partial charge in [0.2, 0.25) is 0 Å². The standard InChI is InChI=1S/C31H28N10O/c1-39(2)27-18-20(12-15-33-27)31(42)37-24-9-6-19-17-21(7-8-22(19)24)41-29(23-5-3-13-34-28(23)32)36-25-10-11-26(38-30(25)41)40-16-4-14-35-40/h3-5,7-8,10-18,24H,6,9H2,1-2H3,(H2,32,34)(H,37,42)/t24-/m0/s1. The van der Waals surface area contributed by atoms with Gasteiger partial charge in [-0.25, -0.2) is 24.6 Å². The number of nitrogens with zero attached hydrogens (tertiary/aromatic N) is 8. The van der Waals surface area contributed by atoms with Gasteiger partial charge in [0.1, 0.15) is 17.2 Å². The summed E-state index contributed by atoms with van der Waals surface area (Å²) in [4.78, 5) is 33.5. The summed E-state index contributed by atoms with van der Waals surface area (Å²) in [6.07, 6.45) is 8.54. The van der Waals surface area contributed by atoms with Crippen LogP contribution in [0.3, 0.4) is 0 Å². The highest BCUT2D eigenvalue weighted by Gasteiger charge is 2.26. The van der Waals surface area contributed by atoms with Crippen molar-refractivity contribution in [2.45, 2.75) is 18.9 Å². The fraction of sp³-hybridized carbons (Fsp3) is 0.161. The average Bonchev–Trinajstić information content (AvgIpc) is 3.76. The van der Waals surface area contributed by atoms with E-state index in [0.717, 1.165) is 46.6 Å². The average molecular weight is 557 g/mol. The number of nitrogens with one attached hydrogen (secondary N) is 1. The fourth-order valence-electron chi connectivity index (χ4n) is 5.45. The van der Waals surface area contributed by atoms with Crippen LogP contribution in [0.2, 0.25) is 0 Å². The third kappa shape index (κ3) is 4.40. The van der Waals surface area contributed by atoms with Crippen LogP contribution >= 0.6 is 0 Å². The first-order chi connectivity index (χ1) is 20.5. The summed E-state index contributed by atoms with van der Waals surface area (Å²) in [6.45, 7) is 0. The molecule has 11 nitrogen and oxygen atoms in total. The van der Waals surface area contributed by atoms with Crippen molar-refractivity contribution in [2.75, 3.05) is 24.7 Å². The van der Waals surface area contributed by atoms with Gasteiger partial charge in [-0.05, 0) is 78.6 Å². The van der Waals surface area contributed by atoms with Gasteiger partial charge in [-0.2, -0.15) is 5.10 Å². The molecule has 0 radical (unpaired) electrons. The molecule has 5 aromatic heterocycles. The molecule has 3 N–H and O–H groups in total. The van der Waals surface area contributed by atoms with Crippen LogP contribution < -0.4 is 16.0 Å². The summed E-state index contributed by atoms with van der Waals surface area (Å²) in [5.74, 6) is 2.34. The minimum Gasteiger partial charge on any atom is -0.383 e. The molecule has 1 aliphatic rings. The van der Waals surface area contributed by atoms with Crippen LogP contribution in [0.4, 0.5) is 11.6 Å². The van der Waals surface area contributed by atoms with Crippen LogP contribution in [-0.4, -0.2) is 54.3 Å². The highest BCUT2D eigenvalue weighted by Crippen LogP contribution is 2.36. The maximum atomic E-state index is 13.1. The van der Waals surface area contributed by atoms with E-state index in [2.05, 4.69) is 32.5 Å². The molecule has 0 bridgehead atoms. The van der Waals surface area contributed by atoms with Gasteiger partial charge >= 0.3 is 0 Å². The number of hydrogen-bond donors (Lipinski definition) is 2. The van der Waals surface area contributed by atoms with Gasteiger partial charge in [0.05, 0.1) is 11.6 Å². The molecule has 0 fully saturated rings. The summed E-state index contributed by atoms with van der Waals surface area (Å²) in [5.41, 5.74) is 12.2. The molecule has 5 heterocycles. The van der Waals surface area contributed by atoms with Crippen LogP contribution in [-0.2, 0) is 6.42 Å². The van der Waals surface area contributed by atoms with Crippen molar-refractivity contribution in [1.29, 1.82) is 0 Å². The van der Waals surface area contributed by atoms with Crippen molar-refractivity contribution < 1.29 is 4.79 Å². The first-order valence-electron chi connectivity index (χ1n) is 13.6. The SMILES string of the molecule is CN(C)c1cc(C(=O)N[C@H]2CCc3cc(-n4c(-c5cccnc5N)nc5ccc(-n6cccn6)nc54)ccc32)ccn1. The lowest BCUT2D eigenvalue weighted by molar-refractivity contribution is 0.0936. The predicted molar refractivity (Wildman–Crippen MR) is 161 cm³/mol. The minimum absolute atomic E-state index is 0.0879. The third-order valence-electron chi connectivity index (χ3n) is 7.54. The topological polar surface area (TPSA) is 133 Å². The van der Waals surface area contributed by atoms with E-state index in [0.29, 0.717) is 28.7 Å². The molecule has 0 saturated carbocycles. The molecular formula is C31H28N10O. The monoisotopic (exact) mass is 556 g/mol. The highest BCUT2D eigenvalue weighted by atomic mass is 16.1. The zero-order chi connectivity index (χ0) is 28.8. The van der Waals surface area contributed by atoms with Gasteiger partial charge < -0.3 is 16.0 Å². The lowest BCUT2D eigenvalue weighted by Crippen LogP contribution is -2.27. The van der Waals surface area contributed by atoms with E-state index < -0.39 is 0 Å². The third-order valence-corrected chi connectivity index (χ3v) is 7.54. The Morgan fingerprint density at radius 3 is 2.71 bits per heavy atom. The molecule has 208 valence electrons. The molecule has 0 saturated heterocycles. The van der Waals surface area contributed by atoms with Gasteiger partial charge in [-0.1, -0.05) is 6.07 Å². The largest absolute Gasteiger partial charge is 0.383 e.